The first kappa shape index (κ1) is 15.2. The highest BCUT2D eigenvalue weighted by molar-refractivity contribution is 5.76. The Kier molecular flexibility index (Phi) is 4.75. The molecule has 0 aromatic heterocycles. The maximum absolute atomic E-state index is 12.3. The van der Waals surface area contributed by atoms with Gasteiger partial charge in [-0.15, -0.1) is 0 Å². The summed E-state index contributed by atoms with van der Waals surface area (Å²) in [4.78, 5) is 11.4. The molecule has 0 saturated carbocycles. The van der Waals surface area contributed by atoms with E-state index in [0.29, 0.717) is 0 Å². The topological polar surface area (TPSA) is 61.5 Å². The number of carbonyl (C=O) groups excluding carboxylic acids is 1. The standard InChI is InChI=1S/C9H16F3NO3/c1-8(2,3)16-7(14)5(15-4)6(13)9(10,11)12/h5-6H,13H2,1-4H3/t5-,6-/m1/s1. The summed E-state index contributed by atoms with van der Waals surface area (Å²) < 4.78 is 46.0. The Bertz CT molecular complexity index is 247. The van der Waals surface area contributed by atoms with Gasteiger partial charge in [0.05, 0.1) is 0 Å². The molecule has 16 heavy (non-hydrogen) atoms. The van der Waals surface area contributed by atoms with Crippen molar-refractivity contribution in [3.8, 4) is 0 Å². The van der Waals surface area contributed by atoms with Crippen molar-refractivity contribution in [2.24, 2.45) is 5.73 Å². The number of halogens is 3. The largest absolute Gasteiger partial charge is 0.458 e. The van der Waals surface area contributed by atoms with Gasteiger partial charge in [0, 0.05) is 7.11 Å². The fraction of sp³-hybridized carbons (Fsp3) is 0.889. The summed E-state index contributed by atoms with van der Waals surface area (Å²) in [5.74, 6) is -1.13. The molecule has 0 spiro atoms. The zero-order valence-electron chi connectivity index (χ0n) is 9.59. The molecule has 0 radical (unpaired) electrons. The predicted molar refractivity (Wildman–Crippen MR) is 50.7 cm³/mol. The van der Waals surface area contributed by atoms with Crippen LogP contribution in [-0.4, -0.2) is 37.0 Å². The lowest BCUT2D eigenvalue weighted by Gasteiger charge is -2.27. The number of carbonyl (C=O) groups is 1. The summed E-state index contributed by atoms with van der Waals surface area (Å²) in [5, 5.41) is 0. The normalized spacial score (nSPS) is 16.8. The molecule has 0 aliphatic rings. The first-order valence-corrected chi connectivity index (χ1v) is 4.57. The van der Waals surface area contributed by atoms with E-state index < -0.39 is 29.9 Å². The third-order valence-electron chi connectivity index (χ3n) is 1.60. The number of methoxy groups -OCH3 is 1. The molecule has 2 N–H and O–H groups in total. The third kappa shape index (κ3) is 4.80. The molecule has 4 nitrogen and oxygen atoms in total. The minimum Gasteiger partial charge on any atom is -0.458 e. The van der Waals surface area contributed by atoms with Gasteiger partial charge in [-0.2, -0.15) is 13.2 Å². The second-order valence-electron chi connectivity index (χ2n) is 4.26. The lowest BCUT2D eigenvalue weighted by atomic mass is 10.1. The molecule has 0 unspecified atom stereocenters. The fourth-order valence-corrected chi connectivity index (χ4v) is 0.921. The molecule has 0 amide bonds. The molecule has 0 aromatic carbocycles. The van der Waals surface area contributed by atoms with Crippen LogP contribution in [0.1, 0.15) is 20.8 Å². The van der Waals surface area contributed by atoms with E-state index in [0.717, 1.165) is 7.11 Å². The molecule has 0 bridgehead atoms. The Morgan fingerprint density at radius 3 is 1.94 bits per heavy atom. The monoisotopic (exact) mass is 243 g/mol. The van der Waals surface area contributed by atoms with Crippen molar-refractivity contribution in [3.63, 3.8) is 0 Å². The number of esters is 1. The number of hydrogen-bond donors (Lipinski definition) is 1. The summed E-state index contributed by atoms with van der Waals surface area (Å²) >= 11 is 0. The second kappa shape index (κ2) is 5.01. The van der Waals surface area contributed by atoms with E-state index >= 15 is 0 Å². The van der Waals surface area contributed by atoms with Crippen molar-refractivity contribution < 1.29 is 27.4 Å². The van der Waals surface area contributed by atoms with Gasteiger partial charge in [-0.25, -0.2) is 4.79 Å². The van der Waals surface area contributed by atoms with Crippen LogP contribution in [0.15, 0.2) is 0 Å². The molecule has 0 aliphatic carbocycles. The average molecular weight is 243 g/mol. The van der Waals surface area contributed by atoms with Crippen LogP contribution in [0.4, 0.5) is 13.2 Å². The quantitative estimate of drug-likeness (QED) is 0.757. The Balaban J connectivity index is 4.69. The number of rotatable bonds is 3. The zero-order valence-corrected chi connectivity index (χ0v) is 9.59. The van der Waals surface area contributed by atoms with Crippen LogP contribution in [0, 0.1) is 0 Å². The summed E-state index contributed by atoms with van der Waals surface area (Å²) in [7, 11) is 0.972. The summed E-state index contributed by atoms with van der Waals surface area (Å²) in [6, 6.07) is -2.40. The number of alkyl halides is 3. The van der Waals surface area contributed by atoms with Gasteiger partial charge in [0.15, 0.2) is 6.10 Å². The van der Waals surface area contributed by atoms with Crippen molar-refractivity contribution >= 4 is 5.97 Å². The average Bonchev–Trinajstić information content (AvgIpc) is 1.99. The third-order valence-corrected chi connectivity index (χ3v) is 1.60. The van der Waals surface area contributed by atoms with Crippen LogP contribution in [0.25, 0.3) is 0 Å². The summed E-state index contributed by atoms with van der Waals surface area (Å²) in [6.45, 7) is 4.62. The van der Waals surface area contributed by atoms with Gasteiger partial charge in [-0.1, -0.05) is 0 Å². The van der Waals surface area contributed by atoms with Gasteiger partial charge in [-0.05, 0) is 20.8 Å². The van der Waals surface area contributed by atoms with Crippen LogP contribution in [-0.2, 0) is 14.3 Å². The first-order valence-electron chi connectivity index (χ1n) is 4.57. The summed E-state index contributed by atoms with van der Waals surface area (Å²) in [5.41, 5.74) is 3.98. The highest BCUT2D eigenvalue weighted by Crippen LogP contribution is 2.23. The SMILES string of the molecule is CO[C@@H](C(=O)OC(C)(C)C)[C@@H](N)C(F)(F)F. The molecule has 0 rings (SSSR count). The molecule has 0 aliphatic heterocycles. The van der Waals surface area contributed by atoms with Gasteiger partial charge < -0.3 is 15.2 Å². The fourth-order valence-electron chi connectivity index (χ4n) is 0.921. The van der Waals surface area contributed by atoms with Crippen molar-refractivity contribution in [1.82, 2.24) is 0 Å². The smallest absolute Gasteiger partial charge is 0.406 e. The number of nitrogens with two attached hydrogens (primary N) is 1. The van der Waals surface area contributed by atoms with E-state index in [1.807, 2.05) is 0 Å². The van der Waals surface area contributed by atoms with E-state index in [-0.39, 0.29) is 0 Å². The lowest BCUT2D eigenvalue weighted by Crippen LogP contribution is -2.52. The van der Waals surface area contributed by atoms with Crippen molar-refractivity contribution in [2.75, 3.05) is 7.11 Å². The molecule has 2 atom stereocenters. The molecule has 96 valence electrons. The highest BCUT2D eigenvalue weighted by atomic mass is 19.4. The molecule has 0 heterocycles. The molecule has 0 aromatic rings. The van der Waals surface area contributed by atoms with Gasteiger partial charge in [0.2, 0.25) is 0 Å². The Morgan fingerprint density at radius 1 is 1.25 bits per heavy atom. The second-order valence-corrected chi connectivity index (χ2v) is 4.26. The Hall–Kier alpha value is -0.820. The van der Waals surface area contributed by atoms with Crippen molar-refractivity contribution in [2.45, 2.75) is 44.7 Å². The van der Waals surface area contributed by atoms with Crippen molar-refractivity contribution in [1.29, 1.82) is 0 Å². The molecule has 0 saturated heterocycles. The molecule has 0 fully saturated rings. The van der Waals surface area contributed by atoms with Crippen LogP contribution in [0.5, 0.6) is 0 Å². The Morgan fingerprint density at radius 2 is 1.69 bits per heavy atom. The van der Waals surface area contributed by atoms with Crippen LogP contribution < -0.4 is 5.73 Å². The van der Waals surface area contributed by atoms with Crippen LogP contribution >= 0.6 is 0 Å². The molecular weight excluding hydrogens is 227 g/mol. The van der Waals surface area contributed by atoms with Gasteiger partial charge in [0.1, 0.15) is 11.6 Å². The van der Waals surface area contributed by atoms with Crippen LogP contribution in [0.2, 0.25) is 0 Å². The van der Waals surface area contributed by atoms with Gasteiger partial charge >= 0.3 is 12.1 Å². The van der Waals surface area contributed by atoms with E-state index in [1.165, 1.54) is 20.8 Å². The minimum atomic E-state index is -4.71. The predicted octanol–water partition coefficient (Wildman–Crippen LogP) is 1.23. The van der Waals surface area contributed by atoms with E-state index in [4.69, 9.17) is 10.5 Å². The molecular formula is C9H16F3NO3. The van der Waals surface area contributed by atoms with E-state index in [1.54, 1.807) is 0 Å². The van der Waals surface area contributed by atoms with Gasteiger partial charge in [-0.3, -0.25) is 0 Å². The minimum absolute atomic E-state index is 0.890. The zero-order chi connectivity index (χ0) is 13.1. The van der Waals surface area contributed by atoms with Crippen LogP contribution in [0.3, 0.4) is 0 Å². The van der Waals surface area contributed by atoms with Gasteiger partial charge in [0.25, 0.3) is 0 Å². The number of ether oxygens (including phenoxy) is 2. The maximum Gasteiger partial charge on any atom is 0.406 e. The van der Waals surface area contributed by atoms with E-state index in [9.17, 15) is 18.0 Å². The number of hydrogen-bond acceptors (Lipinski definition) is 4. The van der Waals surface area contributed by atoms with E-state index in [2.05, 4.69) is 4.74 Å². The summed E-state index contributed by atoms with van der Waals surface area (Å²) in [6.07, 6.45) is -6.56. The first-order chi connectivity index (χ1) is 6.99. The Labute approximate surface area is 91.9 Å². The highest BCUT2D eigenvalue weighted by Gasteiger charge is 2.46. The maximum atomic E-state index is 12.3. The lowest BCUT2D eigenvalue weighted by molar-refractivity contribution is -0.195. The molecule has 7 heteroatoms. The van der Waals surface area contributed by atoms with Crippen molar-refractivity contribution in [3.05, 3.63) is 0 Å².